The average molecular weight is 463 g/mol. The quantitative estimate of drug-likeness (QED) is 0.190. The standard InChI is InChI=1S/C25H26N4O3S/c1-29(2)17-7-16-26-22-12-13-23(19-9-4-3-8-18(19)22)27-28-24-14-15-25(33(30,31)32)21-11-6-5-10-20(21)24/h3-6,8-15,26H,7,16-17H2,1-2H3,(H,30,31,32). The summed E-state index contributed by atoms with van der Waals surface area (Å²) in [6, 6.07) is 21.8. The molecular formula is C25H26N4O3S. The van der Waals surface area contributed by atoms with Gasteiger partial charge in [-0.15, -0.1) is 10.2 Å². The van der Waals surface area contributed by atoms with Gasteiger partial charge in [-0.3, -0.25) is 4.55 Å². The zero-order valence-corrected chi connectivity index (χ0v) is 19.4. The third-order valence-corrected chi connectivity index (χ3v) is 6.31. The average Bonchev–Trinajstić information content (AvgIpc) is 2.80. The fraction of sp³-hybridized carbons (Fsp3) is 0.200. The van der Waals surface area contributed by atoms with Crippen LogP contribution in [0.4, 0.5) is 17.1 Å². The molecule has 0 amide bonds. The first kappa shape index (κ1) is 22.8. The van der Waals surface area contributed by atoms with Crippen LogP contribution in [0.25, 0.3) is 21.5 Å². The number of azo groups is 1. The number of nitrogens with one attached hydrogen (secondary N) is 1. The van der Waals surface area contributed by atoms with E-state index in [1.54, 1.807) is 30.3 Å². The maximum atomic E-state index is 11.7. The van der Waals surface area contributed by atoms with Crippen LogP contribution in [0.15, 0.2) is 87.9 Å². The van der Waals surface area contributed by atoms with Crippen LogP contribution >= 0.6 is 0 Å². The normalized spacial score (nSPS) is 12.2. The molecule has 8 heteroatoms. The first-order valence-corrected chi connectivity index (χ1v) is 12.1. The second-order valence-electron chi connectivity index (χ2n) is 8.06. The molecule has 0 aromatic heterocycles. The van der Waals surface area contributed by atoms with Gasteiger partial charge in [0.05, 0.1) is 11.4 Å². The summed E-state index contributed by atoms with van der Waals surface area (Å²) in [6.07, 6.45) is 1.04. The number of nitrogens with zero attached hydrogens (tertiary/aromatic N) is 3. The highest BCUT2D eigenvalue weighted by molar-refractivity contribution is 7.86. The van der Waals surface area contributed by atoms with Crippen molar-refractivity contribution in [1.82, 2.24) is 4.90 Å². The molecule has 4 aromatic rings. The summed E-state index contributed by atoms with van der Waals surface area (Å²) >= 11 is 0. The molecule has 0 fully saturated rings. The van der Waals surface area contributed by atoms with Crippen molar-refractivity contribution in [2.75, 3.05) is 32.5 Å². The molecule has 4 aromatic carbocycles. The molecule has 0 bridgehead atoms. The molecule has 0 unspecified atom stereocenters. The van der Waals surface area contributed by atoms with Gasteiger partial charge >= 0.3 is 0 Å². The largest absolute Gasteiger partial charge is 0.384 e. The monoisotopic (exact) mass is 462 g/mol. The highest BCUT2D eigenvalue weighted by Crippen LogP contribution is 2.35. The van der Waals surface area contributed by atoms with Gasteiger partial charge in [0.25, 0.3) is 10.1 Å². The van der Waals surface area contributed by atoms with Crippen LogP contribution < -0.4 is 5.32 Å². The lowest BCUT2D eigenvalue weighted by Gasteiger charge is -2.13. The summed E-state index contributed by atoms with van der Waals surface area (Å²) in [4.78, 5) is 2.02. The molecular weight excluding hydrogens is 436 g/mol. The summed E-state index contributed by atoms with van der Waals surface area (Å²) in [5, 5.41) is 15.4. The van der Waals surface area contributed by atoms with Gasteiger partial charge in [-0.05, 0) is 51.3 Å². The van der Waals surface area contributed by atoms with Crippen molar-refractivity contribution in [1.29, 1.82) is 0 Å². The predicted molar refractivity (Wildman–Crippen MR) is 134 cm³/mol. The van der Waals surface area contributed by atoms with Crippen LogP contribution in [0.5, 0.6) is 0 Å². The number of anilines is 1. The summed E-state index contributed by atoms with van der Waals surface area (Å²) in [5.41, 5.74) is 2.28. The SMILES string of the molecule is CN(C)CCCNc1ccc(N=Nc2ccc(S(=O)(=O)O)c3ccccc23)c2ccccc12. The summed E-state index contributed by atoms with van der Waals surface area (Å²) < 4.78 is 33.0. The Morgan fingerprint density at radius 3 is 1.94 bits per heavy atom. The zero-order valence-electron chi connectivity index (χ0n) is 18.6. The van der Waals surface area contributed by atoms with E-state index in [4.69, 9.17) is 0 Å². The maximum Gasteiger partial charge on any atom is 0.295 e. The lowest BCUT2D eigenvalue weighted by atomic mass is 10.1. The van der Waals surface area contributed by atoms with E-state index in [9.17, 15) is 13.0 Å². The topological polar surface area (TPSA) is 94.4 Å². The highest BCUT2D eigenvalue weighted by Gasteiger charge is 2.15. The molecule has 7 nitrogen and oxygen atoms in total. The van der Waals surface area contributed by atoms with Gasteiger partial charge in [0.2, 0.25) is 0 Å². The van der Waals surface area contributed by atoms with Crippen molar-refractivity contribution in [3.63, 3.8) is 0 Å². The van der Waals surface area contributed by atoms with Crippen molar-refractivity contribution >= 4 is 48.7 Å². The minimum Gasteiger partial charge on any atom is -0.384 e. The Morgan fingerprint density at radius 1 is 0.788 bits per heavy atom. The summed E-state index contributed by atoms with van der Waals surface area (Å²) in [5.74, 6) is 0. The van der Waals surface area contributed by atoms with Gasteiger partial charge in [-0.1, -0.05) is 48.5 Å². The second kappa shape index (κ2) is 9.66. The van der Waals surface area contributed by atoms with E-state index in [1.807, 2.05) is 30.3 Å². The molecule has 170 valence electrons. The Kier molecular flexibility index (Phi) is 6.69. The van der Waals surface area contributed by atoms with Crippen molar-refractivity contribution in [2.45, 2.75) is 11.3 Å². The molecule has 0 saturated heterocycles. The Morgan fingerprint density at radius 2 is 1.33 bits per heavy atom. The van der Waals surface area contributed by atoms with Gasteiger partial charge in [0, 0.05) is 33.8 Å². The number of fused-ring (bicyclic) bond motifs is 2. The summed E-state index contributed by atoms with van der Waals surface area (Å²) in [6.45, 7) is 1.89. The minimum absolute atomic E-state index is 0.146. The molecule has 0 heterocycles. The molecule has 0 radical (unpaired) electrons. The van der Waals surface area contributed by atoms with Crippen molar-refractivity contribution in [3.8, 4) is 0 Å². The molecule has 33 heavy (non-hydrogen) atoms. The number of benzene rings is 4. The lowest BCUT2D eigenvalue weighted by molar-refractivity contribution is 0.405. The maximum absolute atomic E-state index is 11.7. The van der Waals surface area contributed by atoms with Crippen LogP contribution in [0.2, 0.25) is 0 Å². The fourth-order valence-electron chi connectivity index (χ4n) is 3.82. The van der Waals surface area contributed by atoms with E-state index in [0.29, 0.717) is 22.1 Å². The van der Waals surface area contributed by atoms with Crippen LogP contribution in [-0.2, 0) is 10.1 Å². The number of rotatable bonds is 8. The van der Waals surface area contributed by atoms with Crippen LogP contribution in [0, 0.1) is 0 Å². The van der Waals surface area contributed by atoms with Crippen molar-refractivity contribution < 1.29 is 13.0 Å². The lowest BCUT2D eigenvalue weighted by Crippen LogP contribution is -2.16. The number of hydrogen-bond donors (Lipinski definition) is 2. The molecule has 2 N–H and O–H groups in total. The van der Waals surface area contributed by atoms with Crippen molar-refractivity contribution in [2.24, 2.45) is 10.2 Å². The molecule has 0 spiro atoms. The van der Waals surface area contributed by atoms with Crippen LogP contribution in [-0.4, -0.2) is 45.1 Å². The molecule has 0 atom stereocenters. The first-order valence-electron chi connectivity index (χ1n) is 10.7. The van der Waals surface area contributed by atoms with Gasteiger partial charge in [-0.25, -0.2) is 0 Å². The van der Waals surface area contributed by atoms with E-state index in [-0.39, 0.29) is 4.90 Å². The van der Waals surface area contributed by atoms with E-state index < -0.39 is 10.1 Å². The Bertz CT molecular complexity index is 1430. The minimum atomic E-state index is -4.34. The van der Waals surface area contributed by atoms with E-state index in [1.165, 1.54) is 6.07 Å². The van der Waals surface area contributed by atoms with Crippen LogP contribution in [0.3, 0.4) is 0 Å². The second-order valence-corrected chi connectivity index (χ2v) is 9.45. The van der Waals surface area contributed by atoms with Crippen molar-refractivity contribution in [3.05, 3.63) is 72.8 Å². The van der Waals surface area contributed by atoms with Gasteiger partial charge < -0.3 is 10.2 Å². The number of hydrogen-bond acceptors (Lipinski definition) is 6. The van der Waals surface area contributed by atoms with Gasteiger partial charge in [0.15, 0.2) is 0 Å². The van der Waals surface area contributed by atoms with E-state index >= 15 is 0 Å². The third kappa shape index (κ3) is 5.19. The smallest absolute Gasteiger partial charge is 0.295 e. The Balaban J connectivity index is 1.68. The highest BCUT2D eigenvalue weighted by atomic mass is 32.2. The Labute approximate surface area is 193 Å². The van der Waals surface area contributed by atoms with Gasteiger partial charge in [0.1, 0.15) is 4.90 Å². The summed E-state index contributed by atoms with van der Waals surface area (Å²) in [7, 11) is -0.215. The van der Waals surface area contributed by atoms with E-state index in [2.05, 4.69) is 40.6 Å². The van der Waals surface area contributed by atoms with Crippen LogP contribution in [0.1, 0.15) is 6.42 Å². The molecule has 0 aliphatic rings. The first-order chi connectivity index (χ1) is 15.8. The van der Waals surface area contributed by atoms with Gasteiger partial charge in [-0.2, -0.15) is 8.42 Å². The Hall–Kier alpha value is -3.33. The molecule has 0 aliphatic carbocycles. The third-order valence-electron chi connectivity index (χ3n) is 5.40. The molecule has 4 rings (SSSR count). The fourth-order valence-corrected chi connectivity index (χ4v) is 4.51. The molecule has 0 saturated carbocycles. The predicted octanol–water partition coefficient (Wildman–Crippen LogP) is 6.02. The zero-order chi connectivity index (χ0) is 23.4. The van der Waals surface area contributed by atoms with E-state index in [0.717, 1.165) is 36.0 Å². The molecule has 0 aliphatic heterocycles.